The van der Waals surface area contributed by atoms with E-state index in [1.54, 1.807) is 19.2 Å². The third-order valence-corrected chi connectivity index (χ3v) is 3.76. The summed E-state index contributed by atoms with van der Waals surface area (Å²) in [6, 6.07) is 13.8. The molecular weight excluding hydrogens is 274 g/mol. The number of benzene rings is 2. The Morgan fingerprint density at radius 1 is 1.14 bits per heavy atom. The second kappa shape index (κ2) is 7.64. The zero-order valence-corrected chi connectivity index (χ0v) is 13.5. The number of para-hydroxylation sites is 1. The van der Waals surface area contributed by atoms with Crippen molar-refractivity contribution in [2.45, 2.75) is 26.7 Å². The van der Waals surface area contributed by atoms with E-state index in [2.05, 4.69) is 37.4 Å². The van der Waals surface area contributed by atoms with Crippen LogP contribution in [0.4, 0.5) is 0 Å². The van der Waals surface area contributed by atoms with Gasteiger partial charge in [0.2, 0.25) is 0 Å². The predicted molar refractivity (Wildman–Crippen MR) is 89.6 cm³/mol. The maximum Gasteiger partial charge on any atom is 0.255 e. The van der Waals surface area contributed by atoms with Gasteiger partial charge in [0.25, 0.3) is 5.91 Å². The number of carbonyl (C=O) groups is 1. The van der Waals surface area contributed by atoms with Crippen molar-refractivity contribution in [1.82, 2.24) is 5.32 Å². The molecule has 0 aliphatic heterocycles. The number of ether oxygens (including phenoxy) is 1. The fourth-order valence-electron chi connectivity index (χ4n) is 2.53. The van der Waals surface area contributed by atoms with E-state index in [0.717, 1.165) is 12.8 Å². The molecule has 0 saturated heterocycles. The first-order chi connectivity index (χ1) is 10.6. The third kappa shape index (κ3) is 4.10. The highest BCUT2D eigenvalue weighted by Gasteiger charge is 2.10. The molecular formula is C19H23NO2. The number of hydrogen-bond acceptors (Lipinski definition) is 2. The number of nitrogens with one attached hydrogen (secondary N) is 1. The van der Waals surface area contributed by atoms with Crippen LogP contribution < -0.4 is 10.1 Å². The van der Waals surface area contributed by atoms with Crippen LogP contribution in [0.5, 0.6) is 5.75 Å². The smallest absolute Gasteiger partial charge is 0.255 e. The van der Waals surface area contributed by atoms with Crippen LogP contribution in [0.25, 0.3) is 0 Å². The molecule has 0 heterocycles. The average molecular weight is 297 g/mol. The first kappa shape index (κ1) is 16.1. The monoisotopic (exact) mass is 297 g/mol. The van der Waals surface area contributed by atoms with Crippen LogP contribution in [-0.4, -0.2) is 19.6 Å². The Morgan fingerprint density at radius 2 is 1.91 bits per heavy atom. The molecule has 0 spiro atoms. The molecule has 0 bridgehead atoms. The van der Waals surface area contributed by atoms with E-state index in [0.29, 0.717) is 17.9 Å². The Hall–Kier alpha value is -2.29. The molecule has 3 heteroatoms. The minimum Gasteiger partial charge on any atom is -0.496 e. The molecule has 1 amide bonds. The van der Waals surface area contributed by atoms with E-state index in [4.69, 9.17) is 4.74 Å². The number of rotatable bonds is 6. The van der Waals surface area contributed by atoms with E-state index in [9.17, 15) is 4.79 Å². The molecule has 0 unspecified atom stereocenters. The summed E-state index contributed by atoms with van der Waals surface area (Å²) in [5.41, 5.74) is 4.52. The lowest BCUT2D eigenvalue weighted by Crippen LogP contribution is -2.25. The highest BCUT2D eigenvalue weighted by Crippen LogP contribution is 2.17. The molecule has 3 nitrogen and oxygen atoms in total. The predicted octanol–water partition coefficient (Wildman–Crippen LogP) is 3.67. The van der Waals surface area contributed by atoms with E-state index < -0.39 is 0 Å². The van der Waals surface area contributed by atoms with Gasteiger partial charge in [0.1, 0.15) is 5.75 Å². The van der Waals surface area contributed by atoms with Gasteiger partial charge in [0.05, 0.1) is 12.7 Å². The standard InChI is InChI=1S/C19H23NO2/c1-14-10-11-16(15(2)13-14)7-6-12-20-19(21)17-8-4-5-9-18(17)22-3/h4-5,8-11,13H,6-7,12H2,1-3H3,(H,20,21). The largest absolute Gasteiger partial charge is 0.496 e. The van der Waals surface area contributed by atoms with Crippen LogP contribution in [-0.2, 0) is 6.42 Å². The highest BCUT2D eigenvalue weighted by atomic mass is 16.5. The van der Waals surface area contributed by atoms with Crippen LogP contribution in [0, 0.1) is 13.8 Å². The maximum atomic E-state index is 12.2. The molecule has 0 saturated carbocycles. The number of hydrogen-bond donors (Lipinski definition) is 1. The summed E-state index contributed by atoms with van der Waals surface area (Å²) >= 11 is 0. The Balaban J connectivity index is 1.84. The molecule has 0 fully saturated rings. The second-order valence-electron chi connectivity index (χ2n) is 5.49. The molecule has 2 aromatic rings. The summed E-state index contributed by atoms with van der Waals surface area (Å²) in [5, 5.41) is 2.96. The van der Waals surface area contributed by atoms with Crippen molar-refractivity contribution >= 4 is 5.91 Å². The minimum absolute atomic E-state index is 0.0851. The van der Waals surface area contributed by atoms with Gasteiger partial charge in [0.15, 0.2) is 0 Å². The molecule has 22 heavy (non-hydrogen) atoms. The van der Waals surface area contributed by atoms with Crippen molar-refractivity contribution < 1.29 is 9.53 Å². The van der Waals surface area contributed by atoms with Crippen LogP contribution in [0.3, 0.4) is 0 Å². The summed E-state index contributed by atoms with van der Waals surface area (Å²) in [6.45, 7) is 4.89. The summed E-state index contributed by atoms with van der Waals surface area (Å²) in [6.07, 6.45) is 1.89. The number of methoxy groups -OCH3 is 1. The van der Waals surface area contributed by atoms with Gasteiger partial charge in [-0.25, -0.2) is 0 Å². The van der Waals surface area contributed by atoms with Crippen molar-refractivity contribution in [2.75, 3.05) is 13.7 Å². The fraction of sp³-hybridized carbons (Fsp3) is 0.316. The number of aryl methyl sites for hydroxylation is 3. The summed E-state index contributed by atoms with van der Waals surface area (Å²) in [4.78, 5) is 12.2. The summed E-state index contributed by atoms with van der Waals surface area (Å²) < 4.78 is 5.21. The quantitative estimate of drug-likeness (QED) is 0.826. The Kier molecular flexibility index (Phi) is 5.59. The first-order valence-corrected chi connectivity index (χ1v) is 7.59. The molecule has 1 N–H and O–H groups in total. The van der Waals surface area contributed by atoms with Crippen LogP contribution in [0.15, 0.2) is 42.5 Å². The summed E-state index contributed by atoms with van der Waals surface area (Å²) in [7, 11) is 1.58. The average Bonchev–Trinajstić information content (AvgIpc) is 2.53. The van der Waals surface area contributed by atoms with Gasteiger partial charge in [-0.15, -0.1) is 0 Å². The normalized spacial score (nSPS) is 10.3. The Morgan fingerprint density at radius 3 is 2.64 bits per heavy atom. The molecule has 0 aliphatic carbocycles. The molecule has 0 atom stereocenters. The van der Waals surface area contributed by atoms with E-state index in [-0.39, 0.29) is 5.91 Å². The SMILES string of the molecule is COc1ccccc1C(=O)NCCCc1ccc(C)cc1C. The van der Waals surface area contributed by atoms with Crippen molar-refractivity contribution in [1.29, 1.82) is 0 Å². The van der Waals surface area contributed by atoms with E-state index in [1.165, 1.54) is 16.7 Å². The Bertz CT molecular complexity index is 650. The summed E-state index contributed by atoms with van der Waals surface area (Å²) in [5.74, 6) is 0.521. The van der Waals surface area contributed by atoms with Gasteiger partial charge in [-0.05, 0) is 49.9 Å². The van der Waals surface area contributed by atoms with Gasteiger partial charge in [-0.3, -0.25) is 4.79 Å². The number of carbonyl (C=O) groups excluding carboxylic acids is 1. The molecule has 0 aromatic heterocycles. The lowest BCUT2D eigenvalue weighted by Gasteiger charge is -2.10. The third-order valence-electron chi connectivity index (χ3n) is 3.76. The fourth-order valence-corrected chi connectivity index (χ4v) is 2.53. The van der Waals surface area contributed by atoms with Crippen LogP contribution in [0.1, 0.15) is 33.5 Å². The lowest BCUT2D eigenvalue weighted by atomic mass is 10.0. The van der Waals surface area contributed by atoms with Gasteiger partial charge < -0.3 is 10.1 Å². The van der Waals surface area contributed by atoms with Crippen molar-refractivity contribution in [3.63, 3.8) is 0 Å². The van der Waals surface area contributed by atoms with Crippen molar-refractivity contribution in [2.24, 2.45) is 0 Å². The zero-order chi connectivity index (χ0) is 15.9. The second-order valence-corrected chi connectivity index (χ2v) is 5.49. The topological polar surface area (TPSA) is 38.3 Å². The van der Waals surface area contributed by atoms with Crippen molar-refractivity contribution in [3.8, 4) is 5.75 Å². The zero-order valence-electron chi connectivity index (χ0n) is 13.5. The first-order valence-electron chi connectivity index (χ1n) is 7.59. The van der Waals surface area contributed by atoms with E-state index in [1.807, 2.05) is 12.1 Å². The van der Waals surface area contributed by atoms with Gasteiger partial charge in [0, 0.05) is 6.54 Å². The molecule has 2 aromatic carbocycles. The maximum absolute atomic E-state index is 12.2. The van der Waals surface area contributed by atoms with Crippen molar-refractivity contribution in [3.05, 3.63) is 64.7 Å². The van der Waals surface area contributed by atoms with Crippen LogP contribution >= 0.6 is 0 Å². The van der Waals surface area contributed by atoms with E-state index >= 15 is 0 Å². The number of amides is 1. The van der Waals surface area contributed by atoms with Gasteiger partial charge in [-0.1, -0.05) is 35.9 Å². The molecule has 0 radical (unpaired) electrons. The lowest BCUT2D eigenvalue weighted by molar-refractivity contribution is 0.0950. The Labute approximate surface area is 132 Å². The van der Waals surface area contributed by atoms with Gasteiger partial charge >= 0.3 is 0 Å². The molecule has 116 valence electrons. The van der Waals surface area contributed by atoms with Crippen LogP contribution in [0.2, 0.25) is 0 Å². The molecule has 2 rings (SSSR count). The van der Waals surface area contributed by atoms with Gasteiger partial charge in [-0.2, -0.15) is 0 Å². The molecule has 0 aliphatic rings. The highest BCUT2D eigenvalue weighted by molar-refractivity contribution is 5.96. The minimum atomic E-state index is -0.0851.